The van der Waals surface area contributed by atoms with Gasteiger partial charge in [0.05, 0.1) is 11.3 Å². The topological polar surface area (TPSA) is 59.5 Å². The zero-order chi connectivity index (χ0) is 12.1. The van der Waals surface area contributed by atoms with E-state index in [0.717, 1.165) is 5.56 Å². The van der Waals surface area contributed by atoms with Crippen molar-refractivity contribution in [2.75, 3.05) is 0 Å². The van der Waals surface area contributed by atoms with E-state index in [2.05, 4.69) is 5.16 Å². The van der Waals surface area contributed by atoms with Gasteiger partial charge in [-0.2, -0.15) is 4.73 Å². The highest BCUT2D eigenvalue weighted by Gasteiger charge is 2.08. The fourth-order valence-electron chi connectivity index (χ4n) is 1.61. The Morgan fingerprint density at radius 3 is 2.59 bits per heavy atom. The quantitative estimate of drug-likeness (QED) is 0.286. The minimum absolute atomic E-state index is 0.474. The molecular weight excluding hydrogens is 216 g/mol. The average Bonchev–Trinajstić information content (AvgIpc) is 2.37. The number of hydrogen-bond acceptors (Lipinski definition) is 3. The summed E-state index contributed by atoms with van der Waals surface area (Å²) in [4.78, 5) is 0. The highest BCUT2D eigenvalue weighted by atomic mass is 16.5. The van der Waals surface area contributed by atoms with Crippen LogP contribution < -0.4 is 4.73 Å². The third kappa shape index (κ3) is 2.81. The predicted molar refractivity (Wildman–Crippen MR) is 63.9 cm³/mol. The molecule has 0 radical (unpaired) electrons. The van der Waals surface area contributed by atoms with Crippen LogP contribution in [0.25, 0.3) is 0 Å². The highest BCUT2D eigenvalue weighted by molar-refractivity contribution is 6.01. The van der Waals surface area contributed by atoms with Gasteiger partial charge in [0.2, 0.25) is 0 Å². The summed E-state index contributed by atoms with van der Waals surface area (Å²) in [6.07, 6.45) is 3.26. The number of pyridine rings is 1. The maximum Gasteiger partial charge on any atom is 0.189 e. The summed E-state index contributed by atoms with van der Waals surface area (Å²) in [6.45, 7) is 0. The Kier molecular flexibility index (Phi) is 3.35. The summed E-state index contributed by atoms with van der Waals surface area (Å²) < 4.78 is 0.686. The van der Waals surface area contributed by atoms with Gasteiger partial charge in [0.15, 0.2) is 12.4 Å². The van der Waals surface area contributed by atoms with Crippen LogP contribution >= 0.6 is 0 Å². The molecule has 1 aromatic carbocycles. The minimum Gasteiger partial charge on any atom is -0.619 e. The van der Waals surface area contributed by atoms with E-state index in [-0.39, 0.29) is 0 Å². The Labute approximate surface area is 99.0 Å². The zero-order valence-electron chi connectivity index (χ0n) is 9.15. The van der Waals surface area contributed by atoms with Crippen molar-refractivity contribution in [3.05, 3.63) is 71.2 Å². The van der Waals surface area contributed by atoms with Gasteiger partial charge < -0.3 is 10.4 Å². The van der Waals surface area contributed by atoms with E-state index in [9.17, 15) is 5.21 Å². The van der Waals surface area contributed by atoms with Gasteiger partial charge in [-0.25, -0.2) is 0 Å². The van der Waals surface area contributed by atoms with E-state index in [1.165, 1.54) is 12.4 Å². The lowest BCUT2D eigenvalue weighted by Gasteiger charge is -2.04. The molecule has 0 bridgehead atoms. The molecule has 1 N–H and O–H groups in total. The molecule has 1 aromatic heterocycles. The van der Waals surface area contributed by atoms with Crippen molar-refractivity contribution in [1.29, 1.82) is 0 Å². The monoisotopic (exact) mass is 228 g/mol. The molecule has 2 aromatic rings. The van der Waals surface area contributed by atoms with Crippen LogP contribution in [0.1, 0.15) is 11.1 Å². The maximum absolute atomic E-state index is 11.1. The molecule has 4 heteroatoms. The Bertz CT molecular complexity index is 524. The van der Waals surface area contributed by atoms with Crippen molar-refractivity contribution >= 4 is 5.71 Å². The van der Waals surface area contributed by atoms with Gasteiger partial charge in [-0.1, -0.05) is 35.5 Å². The molecule has 0 atom stereocenters. The minimum atomic E-state index is 0.474. The molecule has 2 rings (SSSR count). The van der Waals surface area contributed by atoms with Gasteiger partial charge in [-0.05, 0) is 11.6 Å². The van der Waals surface area contributed by atoms with Crippen molar-refractivity contribution in [2.45, 2.75) is 6.42 Å². The first-order valence-electron chi connectivity index (χ1n) is 5.23. The van der Waals surface area contributed by atoms with Gasteiger partial charge >= 0.3 is 0 Å². The zero-order valence-corrected chi connectivity index (χ0v) is 9.15. The van der Waals surface area contributed by atoms with Crippen molar-refractivity contribution in [2.24, 2.45) is 5.16 Å². The maximum atomic E-state index is 11.1. The lowest BCUT2D eigenvalue weighted by atomic mass is 10.0. The number of rotatable bonds is 3. The number of aromatic nitrogens is 1. The van der Waals surface area contributed by atoms with Crippen LogP contribution in [0.2, 0.25) is 0 Å². The lowest BCUT2D eigenvalue weighted by molar-refractivity contribution is -0.605. The third-order valence-electron chi connectivity index (χ3n) is 2.44. The summed E-state index contributed by atoms with van der Waals surface area (Å²) in [5, 5.41) is 23.4. The molecule has 0 aliphatic heterocycles. The molecule has 0 aliphatic carbocycles. The average molecular weight is 228 g/mol. The summed E-state index contributed by atoms with van der Waals surface area (Å²) in [7, 11) is 0. The van der Waals surface area contributed by atoms with E-state index >= 15 is 0 Å². The van der Waals surface area contributed by atoms with Crippen molar-refractivity contribution < 1.29 is 9.94 Å². The van der Waals surface area contributed by atoms with Crippen LogP contribution in [0.15, 0.2) is 60.0 Å². The molecule has 86 valence electrons. The van der Waals surface area contributed by atoms with E-state index in [0.29, 0.717) is 22.4 Å². The molecule has 0 spiro atoms. The molecular formula is C13H12N2O2. The fraction of sp³-hybridized carbons (Fsp3) is 0.0769. The summed E-state index contributed by atoms with van der Waals surface area (Å²) >= 11 is 0. The van der Waals surface area contributed by atoms with Crippen LogP contribution in [0, 0.1) is 5.21 Å². The van der Waals surface area contributed by atoms with Crippen LogP contribution in [0.4, 0.5) is 0 Å². The van der Waals surface area contributed by atoms with Gasteiger partial charge in [-0.15, -0.1) is 0 Å². The Morgan fingerprint density at radius 2 is 1.94 bits per heavy atom. The Hall–Kier alpha value is -2.36. The number of benzene rings is 1. The second-order valence-electron chi connectivity index (χ2n) is 3.66. The van der Waals surface area contributed by atoms with Crippen molar-refractivity contribution in [1.82, 2.24) is 0 Å². The molecule has 17 heavy (non-hydrogen) atoms. The van der Waals surface area contributed by atoms with Crippen LogP contribution in [-0.2, 0) is 6.42 Å². The molecule has 0 saturated carbocycles. The van der Waals surface area contributed by atoms with Gasteiger partial charge in [0.25, 0.3) is 0 Å². The van der Waals surface area contributed by atoms with Crippen LogP contribution in [0.5, 0.6) is 0 Å². The van der Waals surface area contributed by atoms with Crippen molar-refractivity contribution in [3.8, 4) is 0 Å². The molecule has 0 amide bonds. The second-order valence-corrected chi connectivity index (χ2v) is 3.66. The highest BCUT2D eigenvalue weighted by Crippen LogP contribution is 2.06. The SMILES string of the molecule is [O-][n+]1cccc(C(Cc2ccccc2)=NO)c1. The smallest absolute Gasteiger partial charge is 0.189 e. The third-order valence-corrected chi connectivity index (χ3v) is 2.44. The standard InChI is InChI=1S/C13H12N2O2/c16-14-13(9-11-5-2-1-3-6-11)12-7-4-8-15(17)10-12/h1-8,10,16H,9H2. The van der Waals surface area contributed by atoms with E-state index in [1.807, 2.05) is 30.3 Å². The van der Waals surface area contributed by atoms with Crippen LogP contribution in [0.3, 0.4) is 0 Å². The molecule has 1 heterocycles. The molecule has 0 unspecified atom stereocenters. The summed E-state index contributed by atoms with van der Waals surface area (Å²) in [5.41, 5.74) is 2.12. The van der Waals surface area contributed by atoms with Gasteiger partial charge in [0.1, 0.15) is 0 Å². The summed E-state index contributed by atoms with van der Waals surface area (Å²) in [6, 6.07) is 13.0. The molecule has 0 saturated heterocycles. The van der Waals surface area contributed by atoms with E-state index < -0.39 is 0 Å². The molecule has 0 fully saturated rings. The Morgan fingerprint density at radius 1 is 1.18 bits per heavy atom. The first kappa shape index (κ1) is 11.1. The van der Waals surface area contributed by atoms with Gasteiger partial charge in [0, 0.05) is 12.5 Å². The first-order valence-corrected chi connectivity index (χ1v) is 5.23. The second kappa shape index (κ2) is 5.12. The fourth-order valence-corrected chi connectivity index (χ4v) is 1.61. The van der Waals surface area contributed by atoms with E-state index in [4.69, 9.17) is 5.21 Å². The lowest BCUT2D eigenvalue weighted by Crippen LogP contribution is -2.26. The first-order chi connectivity index (χ1) is 8.29. The number of nitrogens with zero attached hydrogens (tertiary/aromatic N) is 2. The van der Waals surface area contributed by atoms with E-state index in [1.54, 1.807) is 12.1 Å². The largest absolute Gasteiger partial charge is 0.619 e. The van der Waals surface area contributed by atoms with Crippen LogP contribution in [-0.4, -0.2) is 10.9 Å². The molecule has 4 nitrogen and oxygen atoms in total. The number of oxime groups is 1. The predicted octanol–water partition coefficient (Wildman–Crippen LogP) is 1.74. The van der Waals surface area contributed by atoms with Gasteiger partial charge in [-0.3, -0.25) is 0 Å². The number of hydrogen-bond donors (Lipinski definition) is 1. The Balaban J connectivity index is 2.24. The summed E-state index contributed by atoms with van der Waals surface area (Å²) in [5.74, 6) is 0. The molecule has 0 aliphatic rings. The van der Waals surface area contributed by atoms with Crippen molar-refractivity contribution in [3.63, 3.8) is 0 Å². The normalized spacial score (nSPS) is 11.4.